The second-order valence-corrected chi connectivity index (χ2v) is 8.40. The van der Waals surface area contributed by atoms with Crippen molar-refractivity contribution < 1.29 is 42.1 Å². The van der Waals surface area contributed by atoms with Crippen molar-refractivity contribution in [3.05, 3.63) is 47.5 Å². The van der Waals surface area contributed by atoms with Crippen LogP contribution in [0.3, 0.4) is 0 Å². The fourth-order valence-electron chi connectivity index (χ4n) is 3.92. The Morgan fingerprint density at radius 2 is 2.19 bits per heavy atom. The van der Waals surface area contributed by atoms with Gasteiger partial charge in [-0.15, -0.1) is 0 Å². The molecule has 2 fully saturated rings. The van der Waals surface area contributed by atoms with E-state index in [0.29, 0.717) is 25.5 Å². The molecule has 4 unspecified atom stereocenters. The summed E-state index contributed by atoms with van der Waals surface area (Å²) in [4.78, 5) is 13.0. The molecule has 0 aromatic rings. The van der Waals surface area contributed by atoms with Crippen LogP contribution in [-0.4, -0.2) is 43.2 Å². The molecule has 26 heavy (non-hydrogen) atoms. The second-order valence-electron chi connectivity index (χ2n) is 7.02. The Morgan fingerprint density at radius 1 is 1.31 bits per heavy atom. The molecular formula is C19H22FINO4-. The third-order valence-electron chi connectivity index (χ3n) is 5.37. The number of allylic oxidation sites excluding steroid dienone is 5. The van der Waals surface area contributed by atoms with Crippen molar-refractivity contribution in [2.24, 2.45) is 11.8 Å². The number of likely N-dealkylation sites (tertiary alicyclic amines) is 1. The fraction of sp³-hybridized carbons (Fsp3) is 0.526. The molecule has 2 aliphatic heterocycles. The SMILES string of the molecule is O=CN1CCC(C2=CC=C(F)CC2)C(COC2=CC3O[I-]OC3C=C2)C1. The topological polar surface area (TPSA) is 48.0 Å². The molecule has 4 aliphatic rings. The van der Waals surface area contributed by atoms with E-state index in [1.54, 1.807) is 6.08 Å². The Labute approximate surface area is 163 Å². The molecule has 2 aliphatic carbocycles. The van der Waals surface area contributed by atoms with Gasteiger partial charge < -0.3 is 0 Å². The molecule has 0 aromatic carbocycles. The Hall–Kier alpha value is -1.19. The maximum atomic E-state index is 13.3. The van der Waals surface area contributed by atoms with Gasteiger partial charge in [-0.25, -0.2) is 4.39 Å². The number of carbonyl (C=O) groups is 1. The molecule has 0 bridgehead atoms. The zero-order valence-corrected chi connectivity index (χ0v) is 16.5. The molecular weight excluding hydrogens is 452 g/mol. The van der Waals surface area contributed by atoms with Crippen molar-refractivity contribution in [3.63, 3.8) is 0 Å². The van der Waals surface area contributed by atoms with E-state index < -0.39 is 22.0 Å². The van der Waals surface area contributed by atoms with Gasteiger partial charge in [0.2, 0.25) is 0 Å². The molecule has 0 saturated carbocycles. The number of rotatable bonds is 5. The standard InChI is InChI=1S/C19H22FINO4/c20-15-3-1-13(2-4-15)17-7-8-22(12-23)10-14(17)11-24-16-5-6-18-19(9-16)26-21-25-18/h1,3,5-6,9,12,14,17-19H,2,4,7-8,10-11H2/q-1. The minimum absolute atomic E-state index is 0.0252. The van der Waals surface area contributed by atoms with E-state index in [1.165, 1.54) is 5.57 Å². The quantitative estimate of drug-likeness (QED) is 0.410. The summed E-state index contributed by atoms with van der Waals surface area (Å²) in [7, 11) is 0. The van der Waals surface area contributed by atoms with Crippen LogP contribution in [0.4, 0.5) is 4.39 Å². The van der Waals surface area contributed by atoms with Crippen LogP contribution in [0.1, 0.15) is 19.3 Å². The van der Waals surface area contributed by atoms with Crippen LogP contribution < -0.4 is 22.0 Å². The van der Waals surface area contributed by atoms with E-state index in [9.17, 15) is 9.18 Å². The first-order valence-corrected chi connectivity index (χ1v) is 10.7. The van der Waals surface area contributed by atoms with Gasteiger partial charge in [0.1, 0.15) is 0 Å². The molecule has 2 heterocycles. The monoisotopic (exact) mass is 474 g/mol. The predicted octanol–water partition coefficient (Wildman–Crippen LogP) is -0.172. The van der Waals surface area contributed by atoms with E-state index in [4.69, 9.17) is 10.9 Å². The number of fused-ring (bicyclic) bond motifs is 1. The van der Waals surface area contributed by atoms with E-state index in [2.05, 4.69) is 0 Å². The number of hydrogen-bond donors (Lipinski definition) is 0. The first-order valence-electron chi connectivity index (χ1n) is 8.96. The number of halogens is 2. The van der Waals surface area contributed by atoms with Gasteiger partial charge in [0, 0.05) is 0 Å². The Kier molecular flexibility index (Phi) is 5.75. The van der Waals surface area contributed by atoms with E-state index in [-0.39, 0.29) is 24.0 Å². The zero-order chi connectivity index (χ0) is 17.9. The summed E-state index contributed by atoms with van der Waals surface area (Å²) in [6.45, 7) is 1.95. The minimum atomic E-state index is -0.622. The molecule has 1 amide bonds. The van der Waals surface area contributed by atoms with Crippen LogP contribution in [0.5, 0.6) is 0 Å². The first kappa shape index (κ1) is 18.2. The molecule has 5 nitrogen and oxygen atoms in total. The van der Waals surface area contributed by atoms with Gasteiger partial charge >= 0.3 is 160 Å². The van der Waals surface area contributed by atoms with Gasteiger partial charge in [-0.05, 0) is 0 Å². The average molecular weight is 474 g/mol. The summed E-state index contributed by atoms with van der Waals surface area (Å²) in [5, 5.41) is 0. The molecule has 7 heteroatoms. The summed E-state index contributed by atoms with van der Waals surface area (Å²) in [5.74, 6) is 1.27. The normalized spacial score (nSPS) is 34.2. The molecule has 142 valence electrons. The zero-order valence-electron chi connectivity index (χ0n) is 14.4. The predicted molar refractivity (Wildman–Crippen MR) is 88.7 cm³/mol. The summed E-state index contributed by atoms with van der Waals surface area (Å²) < 4.78 is 30.6. The van der Waals surface area contributed by atoms with Gasteiger partial charge in [0.15, 0.2) is 0 Å². The average Bonchev–Trinajstić information content (AvgIpc) is 3.14. The Balaban J connectivity index is 1.43. The Bertz CT molecular complexity index is 674. The number of ether oxygens (including phenoxy) is 1. The summed E-state index contributed by atoms with van der Waals surface area (Å²) >= 11 is -0.622. The van der Waals surface area contributed by atoms with Crippen molar-refractivity contribution >= 4 is 6.41 Å². The number of nitrogens with zero attached hydrogens (tertiary/aromatic N) is 1. The summed E-state index contributed by atoms with van der Waals surface area (Å²) in [5.41, 5.74) is 1.27. The Morgan fingerprint density at radius 3 is 3.00 bits per heavy atom. The molecule has 0 radical (unpaired) electrons. The van der Waals surface area contributed by atoms with Crippen LogP contribution in [0.2, 0.25) is 0 Å². The van der Waals surface area contributed by atoms with Crippen LogP contribution >= 0.6 is 0 Å². The van der Waals surface area contributed by atoms with Gasteiger partial charge in [0.25, 0.3) is 0 Å². The fourth-order valence-corrected chi connectivity index (χ4v) is 5.42. The number of amides is 1. The van der Waals surface area contributed by atoms with E-state index >= 15 is 0 Å². The van der Waals surface area contributed by atoms with Crippen LogP contribution in [0, 0.1) is 11.8 Å². The maximum absolute atomic E-state index is 13.3. The van der Waals surface area contributed by atoms with Crippen molar-refractivity contribution in [3.8, 4) is 0 Å². The first-order chi connectivity index (χ1) is 12.7. The number of hydrogen-bond acceptors (Lipinski definition) is 4. The number of piperidine rings is 1. The van der Waals surface area contributed by atoms with Gasteiger partial charge in [-0.1, -0.05) is 0 Å². The van der Waals surface area contributed by atoms with Crippen LogP contribution in [0.25, 0.3) is 0 Å². The molecule has 4 atom stereocenters. The van der Waals surface area contributed by atoms with Crippen molar-refractivity contribution in [2.45, 2.75) is 31.5 Å². The van der Waals surface area contributed by atoms with Crippen molar-refractivity contribution in [1.29, 1.82) is 0 Å². The summed E-state index contributed by atoms with van der Waals surface area (Å²) in [6.07, 6.45) is 12.4. The summed E-state index contributed by atoms with van der Waals surface area (Å²) in [6, 6.07) is 0. The van der Waals surface area contributed by atoms with E-state index in [0.717, 1.165) is 31.6 Å². The molecule has 0 N–H and O–H groups in total. The molecule has 4 rings (SSSR count). The molecule has 0 aromatic heterocycles. The van der Waals surface area contributed by atoms with Crippen LogP contribution in [0.15, 0.2) is 47.5 Å². The second kappa shape index (κ2) is 8.22. The third-order valence-corrected chi connectivity index (χ3v) is 6.96. The molecule has 0 spiro atoms. The third kappa shape index (κ3) is 4.04. The van der Waals surface area contributed by atoms with Gasteiger partial charge in [0.05, 0.1) is 0 Å². The molecule has 2 saturated heterocycles. The van der Waals surface area contributed by atoms with Crippen LogP contribution in [-0.2, 0) is 15.7 Å². The van der Waals surface area contributed by atoms with Crippen molar-refractivity contribution in [1.82, 2.24) is 4.90 Å². The van der Waals surface area contributed by atoms with E-state index in [1.807, 2.05) is 29.2 Å². The van der Waals surface area contributed by atoms with Gasteiger partial charge in [-0.2, -0.15) is 0 Å². The van der Waals surface area contributed by atoms with Gasteiger partial charge in [-0.3, -0.25) is 0 Å². The number of carbonyl (C=O) groups excluding carboxylic acids is 1. The van der Waals surface area contributed by atoms with Crippen molar-refractivity contribution in [2.75, 3.05) is 19.7 Å².